The molecule has 0 atom stereocenters. The average Bonchev–Trinajstić information content (AvgIpc) is 2.30. The number of nitrogens with zero attached hydrogens (tertiary/aromatic N) is 1. The number of carboxylic acid groups (broad SMARTS) is 1. The first-order valence-electron chi connectivity index (χ1n) is 4.74. The number of carboxylic acids is 1. The zero-order valence-electron chi connectivity index (χ0n) is 9.11. The molecular weight excluding hydrogens is 242 g/mol. The molecule has 0 amide bonds. The molecule has 0 unspecified atom stereocenters. The highest BCUT2D eigenvalue weighted by Crippen LogP contribution is 2.08. The van der Waals surface area contributed by atoms with Crippen molar-refractivity contribution in [3.05, 3.63) is 34.9 Å². The second-order valence-corrected chi connectivity index (χ2v) is 3.50. The normalized spacial score (nSPS) is 10.4. The molecule has 0 bridgehead atoms. The predicted molar refractivity (Wildman–Crippen MR) is 65.0 cm³/mol. The van der Waals surface area contributed by atoms with Gasteiger partial charge in [0, 0.05) is 10.6 Å². The lowest BCUT2D eigenvalue weighted by Crippen LogP contribution is -2.08. The Hall–Kier alpha value is -1.99. The Morgan fingerprint density at radius 2 is 2.12 bits per heavy atom. The van der Waals surface area contributed by atoms with Crippen molar-refractivity contribution in [1.29, 1.82) is 0 Å². The van der Waals surface area contributed by atoms with Gasteiger partial charge in [-0.25, -0.2) is 4.79 Å². The summed E-state index contributed by atoms with van der Waals surface area (Å²) in [7, 11) is 0. The van der Waals surface area contributed by atoms with Crippen molar-refractivity contribution < 1.29 is 14.7 Å². The topological polar surface area (TPSA) is 58.9 Å². The van der Waals surface area contributed by atoms with Crippen molar-refractivity contribution in [2.75, 3.05) is 6.61 Å². The summed E-state index contributed by atoms with van der Waals surface area (Å²) >= 11 is 5.71. The molecule has 0 saturated carbocycles. The molecule has 0 fully saturated rings. The number of hydrogen-bond donors (Lipinski definition) is 1. The lowest BCUT2D eigenvalue weighted by atomic mass is 10.2. The lowest BCUT2D eigenvalue weighted by molar-refractivity contribution is -0.129. The highest BCUT2D eigenvalue weighted by Gasteiger charge is 2.00. The van der Waals surface area contributed by atoms with Crippen LogP contribution in [0.25, 0.3) is 0 Å². The molecule has 0 aliphatic rings. The summed E-state index contributed by atoms with van der Waals surface area (Å²) in [6.07, 6.45) is 0. The number of halogens is 1. The summed E-state index contributed by atoms with van der Waals surface area (Å²) < 4.78 is 0. The van der Waals surface area contributed by atoms with E-state index in [1.54, 1.807) is 24.3 Å². The van der Waals surface area contributed by atoms with Crippen molar-refractivity contribution in [2.45, 2.75) is 6.92 Å². The van der Waals surface area contributed by atoms with Gasteiger partial charge in [0.05, 0.1) is 0 Å². The van der Waals surface area contributed by atoms with Gasteiger partial charge in [0.1, 0.15) is 0 Å². The Labute approximate surface area is 104 Å². The highest BCUT2D eigenvalue weighted by atomic mass is 35.5. The van der Waals surface area contributed by atoms with Crippen LogP contribution in [0.1, 0.15) is 12.5 Å². The highest BCUT2D eigenvalue weighted by molar-refractivity contribution is 6.34. The molecular formula is C12H10ClNO3. The van der Waals surface area contributed by atoms with E-state index in [0.29, 0.717) is 5.02 Å². The third kappa shape index (κ3) is 5.05. The summed E-state index contributed by atoms with van der Waals surface area (Å²) in [5, 5.41) is 12.5. The fourth-order valence-electron chi connectivity index (χ4n) is 0.872. The Bertz CT molecular complexity index is 483. The predicted octanol–water partition coefficient (Wildman–Crippen LogP) is 2.17. The number of rotatable bonds is 3. The monoisotopic (exact) mass is 251 g/mol. The van der Waals surface area contributed by atoms with E-state index in [0.717, 1.165) is 5.56 Å². The summed E-state index contributed by atoms with van der Waals surface area (Å²) in [5.41, 5.74) is 0.690. The minimum atomic E-state index is -1.12. The standard InChI is InChI=1S/C12H10ClNO3/c1-9(12(15)16)14-17-8-2-3-10-4-6-11(13)7-5-10/h4-7H,8H2,1H3,(H,15,16). The summed E-state index contributed by atoms with van der Waals surface area (Å²) in [6.45, 7) is 1.38. The number of oxime groups is 1. The van der Waals surface area contributed by atoms with Crippen LogP contribution in [0.2, 0.25) is 5.02 Å². The molecule has 0 aromatic heterocycles. The van der Waals surface area contributed by atoms with Crippen molar-refractivity contribution >= 4 is 23.3 Å². The van der Waals surface area contributed by atoms with Gasteiger partial charge in [-0.15, -0.1) is 0 Å². The number of hydrogen-bond acceptors (Lipinski definition) is 3. The molecule has 0 radical (unpaired) electrons. The van der Waals surface area contributed by atoms with Crippen molar-refractivity contribution in [3.63, 3.8) is 0 Å². The molecule has 4 nitrogen and oxygen atoms in total. The van der Waals surface area contributed by atoms with Crippen molar-refractivity contribution in [3.8, 4) is 11.8 Å². The van der Waals surface area contributed by atoms with Gasteiger partial charge in [0.25, 0.3) is 0 Å². The van der Waals surface area contributed by atoms with Crippen LogP contribution < -0.4 is 0 Å². The molecule has 5 heteroatoms. The molecule has 17 heavy (non-hydrogen) atoms. The van der Waals surface area contributed by atoms with Crippen LogP contribution in [0.5, 0.6) is 0 Å². The Kier molecular flexibility index (Phi) is 5.05. The quantitative estimate of drug-likeness (QED) is 0.388. The van der Waals surface area contributed by atoms with Crippen LogP contribution in [0, 0.1) is 11.8 Å². The largest absolute Gasteiger partial charge is 0.477 e. The minimum Gasteiger partial charge on any atom is -0.477 e. The molecule has 0 heterocycles. The molecule has 0 spiro atoms. The van der Waals surface area contributed by atoms with Crippen molar-refractivity contribution in [1.82, 2.24) is 0 Å². The number of benzene rings is 1. The fourth-order valence-corrected chi connectivity index (χ4v) is 0.998. The number of carbonyl (C=O) groups is 1. The van der Waals surface area contributed by atoms with Gasteiger partial charge < -0.3 is 9.94 Å². The second-order valence-electron chi connectivity index (χ2n) is 3.06. The summed E-state index contributed by atoms with van der Waals surface area (Å²) in [6, 6.07) is 7.03. The maximum Gasteiger partial charge on any atom is 0.353 e. The molecule has 0 aliphatic heterocycles. The smallest absolute Gasteiger partial charge is 0.353 e. The molecule has 1 rings (SSSR count). The molecule has 0 aliphatic carbocycles. The van der Waals surface area contributed by atoms with Crippen LogP contribution in [-0.2, 0) is 9.63 Å². The van der Waals surface area contributed by atoms with Gasteiger partial charge in [-0.1, -0.05) is 28.6 Å². The van der Waals surface area contributed by atoms with E-state index >= 15 is 0 Å². The number of aliphatic carboxylic acids is 1. The van der Waals surface area contributed by atoms with Gasteiger partial charge >= 0.3 is 5.97 Å². The van der Waals surface area contributed by atoms with E-state index in [9.17, 15) is 4.79 Å². The maximum atomic E-state index is 10.4. The zero-order chi connectivity index (χ0) is 12.7. The maximum absolute atomic E-state index is 10.4. The van der Waals surface area contributed by atoms with Crippen molar-refractivity contribution in [2.24, 2.45) is 5.16 Å². The van der Waals surface area contributed by atoms with Gasteiger partial charge in [-0.05, 0) is 31.2 Å². The van der Waals surface area contributed by atoms with Crippen LogP contribution in [0.15, 0.2) is 29.4 Å². The molecule has 1 aromatic carbocycles. The molecule has 88 valence electrons. The van der Waals surface area contributed by atoms with Crippen LogP contribution in [-0.4, -0.2) is 23.4 Å². The van der Waals surface area contributed by atoms with Crippen LogP contribution in [0.4, 0.5) is 0 Å². The molecule has 0 saturated heterocycles. The third-order valence-electron chi connectivity index (χ3n) is 1.72. The average molecular weight is 252 g/mol. The van der Waals surface area contributed by atoms with Gasteiger partial charge in [0.2, 0.25) is 0 Å². The van der Waals surface area contributed by atoms with Crippen LogP contribution >= 0.6 is 11.6 Å². The van der Waals surface area contributed by atoms with E-state index in [-0.39, 0.29) is 12.3 Å². The minimum absolute atomic E-state index is 0.0350. The first kappa shape index (κ1) is 13.1. The first-order chi connectivity index (χ1) is 8.09. The second kappa shape index (κ2) is 6.56. The molecule has 1 aromatic rings. The van der Waals surface area contributed by atoms with Gasteiger partial charge in [-0.3, -0.25) is 0 Å². The van der Waals surface area contributed by atoms with E-state index in [4.69, 9.17) is 21.5 Å². The summed E-state index contributed by atoms with van der Waals surface area (Å²) in [4.78, 5) is 15.1. The fraction of sp³-hybridized carbons (Fsp3) is 0.167. The van der Waals surface area contributed by atoms with Crippen LogP contribution in [0.3, 0.4) is 0 Å². The molecule has 1 N–H and O–H groups in total. The lowest BCUT2D eigenvalue weighted by Gasteiger charge is -1.93. The first-order valence-corrected chi connectivity index (χ1v) is 5.11. The zero-order valence-corrected chi connectivity index (χ0v) is 9.86. The van der Waals surface area contributed by atoms with E-state index in [1.807, 2.05) is 0 Å². The SMILES string of the molecule is CC(=NOCC#Cc1ccc(Cl)cc1)C(=O)O. The van der Waals surface area contributed by atoms with Gasteiger partial charge in [0.15, 0.2) is 12.3 Å². The van der Waals surface area contributed by atoms with E-state index < -0.39 is 5.97 Å². The third-order valence-corrected chi connectivity index (χ3v) is 1.98. The summed E-state index contributed by atoms with van der Waals surface area (Å²) in [5.74, 6) is 4.41. The Balaban J connectivity index is 2.45. The Morgan fingerprint density at radius 1 is 1.47 bits per heavy atom. The Morgan fingerprint density at radius 3 is 2.71 bits per heavy atom. The van der Waals surface area contributed by atoms with E-state index in [1.165, 1.54) is 6.92 Å². The van der Waals surface area contributed by atoms with Gasteiger partial charge in [-0.2, -0.15) is 0 Å². The van der Waals surface area contributed by atoms with E-state index in [2.05, 4.69) is 17.0 Å².